The predicted molar refractivity (Wildman–Crippen MR) is 299 cm³/mol. The molecule has 8 aliphatic rings. The first-order valence-electron chi connectivity index (χ1n) is 31.1. The van der Waals surface area contributed by atoms with Crippen molar-refractivity contribution < 1.29 is 203 Å². The summed E-state index contributed by atoms with van der Waals surface area (Å²) in [5.74, 6) is -2.58. The number of hydrogen-bond acceptors (Lipinski definition) is 41. The van der Waals surface area contributed by atoms with Crippen LogP contribution in [0.15, 0.2) is 0 Å². The maximum Gasteiger partial charge on any atom is 0.217 e. The molecule has 8 saturated heterocycles. The van der Waals surface area contributed by atoms with Crippen LogP contribution in [0.25, 0.3) is 0 Å². The van der Waals surface area contributed by atoms with Gasteiger partial charge in [0, 0.05) is 20.8 Å². The highest BCUT2D eigenvalue weighted by Gasteiger charge is 2.60. The number of amides is 3. The van der Waals surface area contributed by atoms with Gasteiger partial charge in [-0.15, -0.1) is 0 Å². The molecule has 26 N–H and O–H groups in total. The number of aliphatic hydroxyl groups is 23. The molecule has 40 atom stereocenters. The number of rotatable bonds is 25. The van der Waals surface area contributed by atoms with Crippen LogP contribution in [0.1, 0.15) is 20.8 Å². The quantitative estimate of drug-likeness (QED) is 0.0404. The summed E-state index contributed by atoms with van der Waals surface area (Å²) in [5, 5.41) is 259. The van der Waals surface area contributed by atoms with Crippen LogP contribution in [0.5, 0.6) is 0 Å². The van der Waals surface area contributed by atoms with Crippen molar-refractivity contribution >= 4 is 17.7 Å². The average Bonchev–Trinajstić information content (AvgIpc) is 0.823. The van der Waals surface area contributed by atoms with E-state index in [9.17, 15) is 132 Å². The van der Waals surface area contributed by atoms with Crippen LogP contribution in [0.3, 0.4) is 0 Å². The lowest BCUT2D eigenvalue weighted by molar-refractivity contribution is -0.399. The smallest absolute Gasteiger partial charge is 0.217 e. The van der Waals surface area contributed by atoms with Crippen LogP contribution < -0.4 is 16.0 Å². The molecule has 0 aliphatic carbocycles. The Kier molecular flexibility index (Phi) is 28.9. The van der Waals surface area contributed by atoms with Gasteiger partial charge in [-0.25, -0.2) is 0 Å². The standard InChI is InChI=1S/C54H91N3O41/c1-12(65)55-23-31(73)41(19(8-62)85-47(23)83)93-48-24(56-13(2)66)32(74)43(21(10-64)90-48)95-52-40(82)44(96-54-46(37(79)29(71)18(7-61)89-54)98-51-39(81)35(77)27(69)16(5-59)87-51)30(72)22(92-52)11-84-53-45(36(78)28(70)17(6-60)88-53)97-49-25(57-14(3)67)33(75)42(20(9-63)91-49)94-50-38(80)34(76)26(68)15(4-58)86-50/h15-54,58-64,68-83H,4-11H2,1-3H3,(H,55,65)(H,56,66)(H,57,67)/t15-,16-,17-,18-,19-,20-,21-,22+,23-,24-,25-,26+,27-,28-,29-,30-,31-,32-,33-,34+,35+,36+,37+,38-,39+,40+,41-,42-,43-,44+,45+,46+,47-,48+,49+,50+,51+,52+,53+,54-/m1/s1. The van der Waals surface area contributed by atoms with Crippen LogP contribution in [0, 0.1) is 0 Å². The van der Waals surface area contributed by atoms with Gasteiger partial charge in [0.15, 0.2) is 50.3 Å². The molecule has 0 aromatic heterocycles. The topological polar surface area (TPSA) is 691 Å². The summed E-state index contributed by atoms with van der Waals surface area (Å²) in [6.45, 7) is -5.50. The molecule has 0 unspecified atom stereocenters. The number of hydrogen-bond donors (Lipinski definition) is 26. The molecule has 8 fully saturated rings. The van der Waals surface area contributed by atoms with Gasteiger partial charge in [-0.05, 0) is 0 Å². The summed E-state index contributed by atoms with van der Waals surface area (Å²) in [6.07, 6.45) is -75.5. The Morgan fingerprint density at radius 1 is 0.265 bits per heavy atom. The normalized spacial score (nSPS) is 49.5. The summed E-state index contributed by atoms with van der Waals surface area (Å²) in [5.41, 5.74) is 0. The van der Waals surface area contributed by atoms with Gasteiger partial charge in [-0.3, -0.25) is 14.4 Å². The van der Waals surface area contributed by atoms with Gasteiger partial charge in [0.2, 0.25) is 17.7 Å². The van der Waals surface area contributed by atoms with E-state index >= 15 is 0 Å². The van der Waals surface area contributed by atoms with Gasteiger partial charge < -0.3 is 204 Å². The van der Waals surface area contributed by atoms with Gasteiger partial charge in [-0.1, -0.05) is 0 Å². The number of nitrogens with one attached hydrogen (secondary N) is 3. The fraction of sp³-hybridized carbons (Fsp3) is 0.944. The Morgan fingerprint density at radius 3 is 0.959 bits per heavy atom. The third-order valence-corrected chi connectivity index (χ3v) is 17.8. The second kappa shape index (κ2) is 35.1. The summed E-state index contributed by atoms with van der Waals surface area (Å²) in [7, 11) is 0. The lowest BCUT2D eigenvalue weighted by Crippen LogP contribution is -2.70. The molecule has 0 saturated carbocycles. The Balaban J connectivity index is 1.12. The number of carbonyl (C=O) groups is 3. The number of ether oxygens (including phenoxy) is 15. The maximum atomic E-state index is 12.9. The molecule has 0 aromatic carbocycles. The minimum atomic E-state index is -2.49. The van der Waals surface area contributed by atoms with E-state index in [-0.39, 0.29) is 0 Å². The lowest BCUT2D eigenvalue weighted by Gasteiger charge is -2.51. The Hall–Kier alpha value is -3.11. The van der Waals surface area contributed by atoms with Crippen LogP contribution in [-0.4, -0.2) is 433 Å². The van der Waals surface area contributed by atoms with E-state index < -0.39 is 316 Å². The van der Waals surface area contributed by atoms with Gasteiger partial charge in [0.05, 0.1) is 52.9 Å². The second-order valence-electron chi connectivity index (χ2n) is 24.6. The molecule has 0 radical (unpaired) electrons. The second-order valence-corrected chi connectivity index (χ2v) is 24.6. The number of carbonyl (C=O) groups excluding carboxylic acids is 3. The van der Waals surface area contributed by atoms with Crippen molar-refractivity contribution in [2.24, 2.45) is 0 Å². The van der Waals surface area contributed by atoms with Gasteiger partial charge in [0.1, 0.15) is 195 Å². The summed E-state index contributed by atoms with van der Waals surface area (Å²) in [4.78, 5) is 37.7. The zero-order valence-electron chi connectivity index (χ0n) is 52.4. The van der Waals surface area contributed by atoms with Crippen LogP contribution in [-0.2, 0) is 85.4 Å². The molecule has 8 heterocycles. The number of aliphatic hydroxyl groups excluding tert-OH is 23. The maximum absolute atomic E-state index is 12.9. The molecule has 8 rings (SSSR count). The highest BCUT2D eigenvalue weighted by Crippen LogP contribution is 2.39. The summed E-state index contributed by atoms with van der Waals surface area (Å²) >= 11 is 0. The minimum Gasteiger partial charge on any atom is -0.394 e. The Morgan fingerprint density at radius 2 is 0.551 bits per heavy atom. The van der Waals surface area contributed by atoms with Crippen molar-refractivity contribution in [1.29, 1.82) is 0 Å². The molecular formula is C54H91N3O41. The van der Waals surface area contributed by atoms with E-state index in [0.29, 0.717) is 0 Å². The van der Waals surface area contributed by atoms with Crippen molar-refractivity contribution in [2.45, 2.75) is 266 Å². The van der Waals surface area contributed by atoms with E-state index in [1.165, 1.54) is 0 Å². The largest absolute Gasteiger partial charge is 0.394 e. The lowest BCUT2D eigenvalue weighted by atomic mass is 9.94. The predicted octanol–water partition coefficient (Wildman–Crippen LogP) is -18.0. The fourth-order valence-corrected chi connectivity index (χ4v) is 12.6. The van der Waals surface area contributed by atoms with Gasteiger partial charge in [0.25, 0.3) is 0 Å². The van der Waals surface area contributed by atoms with Gasteiger partial charge in [-0.2, -0.15) is 0 Å². The first kappa shape index (κ1) is 80.6. The highest BCUT2D eigenvalue weighted by atomic mass is 16.8. The van der Waals surface area contributed by atoms with E-state index in [4.69, 9.17) is 71.1 Å². The average molecular weight is 1440 g/mol. The van der Waals surface area contributed by atoms with Crippen LogP contribution >= 0.6 is 0 Å². The summed E-state index contributed by atoms with van der Waals surface area (Å²) < 4.78 is 87.8. The monoisotopic (exact) mass is 1440 g/mol. The third kappa shape index (κ3) is 17.5. The third-order valence-electron chi connectivity index (χ3n) is 17.8. The summed E-state index contributed by atoms with van der Waals surface area (Å²) in [6, 6.07) is -5.35. The minimum absolute atomic E-state index is 0.766. The van der Waals surface area contributed by atoms with Crippen molar-refractivity contribution in [3.05, 3.63) is 0 Å². The Labute approximate surface area is 554 Å². The molecule has 0 bridgehead atoms. The van der Waals surface area contributed by atoms with Crippen LogP contribution in [0.2, 0.25) is 0 Å². The Bertz CT molecular complexity index is 2510. The van der Waals surface area contributed by atoms with Crippen molar-refractivity contribution in [3.8, 4) is 0 Å². The molecular weight excluding hydrogens is 1350 g/mol. The molecule has 44 nitrogen and oxygen atoms in total. The first-order valence-corrected chi connectivity index (χ1v) is 31.1. The molecule has 0 aromatic rings. The van der Waals surface area contributed by atoms with Crippen molar-refractivity contribution in [3.63, 3.8) is 0 Å². The molecule has 0 spiro atoms. The molecule has 8 aliphatic heterocycles. The zero-order chi connectivity index (χ0) is 72.2. The van der Waals surface area contributed by atoms with E-state index in [0.717, 1.165) is 20.8 Å². The zero-order valence-corrected chi connectivity index (χ0v) is 52.4. The first-order chi connectivity index (χ1) is 46.4. The van der Waals surface area contributed by atoms with Crippen LogP contribution in [0.4, 0.5) is 0 Å². The fourth-order valence-electron chi connectivity index (χ4n) is 12.6. The molecule has 568 valence electrons. The SMILES string of the molecule is CC(=O)N[C@@H]1[C@@H](O)[C@H](O[C@@H]2O[C@H](CO)[C@@H](O[C@@H]3O[C@@H](CO[C@H]4O[C@H](CO)[C@@H](O)[C@H](O)[C@@H]4O[C@@H]4O[C@H](CO)[C@@H](O[C@@H]5O[C@H](CO)[C@H](O)[C@H](O)[C@H]5O)[C@H](O)[C@H]4NC(C)=O)[C@@H](O)[C@H](O[C@H]4O[C@H](CO)[C@@H](O)[C@H](O)[C@@H]4O[C@@H]4O[C@H](CO)[C@@H](O)[C@H](O)[C@@H]4O)[C@@H]3O)[C@H](O)[C@H]2NC(C)=O)[C@@H](CO)O[C@H]1O. The molecule has 44 heteroatoms. The molecule has 98 heavy (non-hydrogen) atoms. The van der Waals surface area contributed by atoms with E-state index in [1.807, 2.05) is 0 Å². The van der Waals surface area contributed by atoms with E-state index in [1.54, 1.807) is 0 Å². The molecule has 3 amide bonds. The van der Waals surface area contributed by atoms with Crippen molar-refractivity contribution in [2.75, 3.05) is 52.9 Å². The highest BCUT2D eigenvalue weighted by molar-refractivity contribution is 5.74. The van der Waals surface area contributed by atoms with E-state index in [2.05, 4.69) is 16.0 Å². The van der Waals surface area contributed by atoms with Crippen molar-refractivity contribution in [1.82, 2.24) is 16.0 Å². The van der Waals surface area contributed by atoms with Gasteiger partial charge >= 0.3 is 0 Å².